The molecule has 0 atom stereocenters. The van der Waals surface area contributed by atoms with Crippen LogP contribution in [-0.2, 0) is 0 Å². The van der Waals surface area contributed by atoms with E-state index in [0.717, 1.165) is 6.07 Å². The highest BCUT2D eigenvalue weighted by molar-refractivity contribution is 5.93. The molecule has 13 heavy (non-hydrogen) atoms. The molecular formula is C8H8O5. The predicted octanol–water partition coefficient (Wildman–Crippen LogP) is 0.0782. The molecule has 0 fully saturated rings. The number of carbonyl (C=O) groups is 2. The molecule has 70 valence electrons. The maximum atomic E-state index is 10.4. The lowest BCUT2D eigenvalue weighted by Crippen LogP contribution is -1.97. The molecule has 5 heteroatoms. The summed E-state index contributed by atoms with van der Waals surface area (Å²) < 4.78 is 0. The molecular weight excluding hydrogens is 176 g/mol. The normalized spacial score (nSPS) is 8.62. The Morgan fingerprint density at radius 2 is 2.00 bits per heavy atom. The number of carboxylic acids is 1. The van der Waals surface area contributed by atoms with E-state index in [1.54, 1.807) is 0 Å². The van der Waals surface area contributed by atoms with E-state index in [2.05, 4.69) is 0 Å². The number of carboxylic acid groups (broad SMARTS) is 1. The van der Waals surface area contributed by atoms with Crippen LogP contribution in [0, 0.1) is 0 Å². The van der Waals surface area contributed by atoms with Gasteiger partial charge in [0, 0.05) is 5.56 Å². The third kappa shape index (κ3) is 2.28. The first-order valence-electron chi connectivity index (χ1n) is 3.16. The van der Waals surface area contributed by atoms with E-state index in [9.17, 15) is 9.59 Å². The monoisotopic (exact) mass is 184 g/mol. The van der Waals surface area contributed by atoms with Crippen LogP contribution in [0.25, 0.3) is 0 Å². The number of carbonyl (C=O) groups excluding carboxylic acids is 1. The van der Waals surface area contributed by atoms with Crippen molar-refractivity contribution in [2.24, 2.45) is 0 Å². The molecule has 0 unspecified atom stereocenters. The van der Waals surface area contributed by atoms with Crippen molar-refractivity contribution in [2.75, 3.05) is 0 Å². The summed E-state index contributed by atoms with van der Waals surface area (Å²) in [5.74, 6) is -1.59. The summed E-state index contributed by atoms with van der Waals surface area (Å²) >= 11 is 0. The molecule has 0 spiro atoms. The zero-order valence-corrected chi connectivity index (χ0v) is 6.52. The van der Waals surface area contributed by atoms with E-state index < -0.39 is 5.97 Å². The minimum absolute atomic E-state index is 0. The average molecular weight is 184 g/mol. The van der Waals surface area contributed by atoms with Gasteiger partial charge in [0.15, 0.2) is 0 Å². The molecule has 0 heterocycles. The van der Waals surface area contributed by atoms with Gasteiger partial charge in [-0.1, -0.05) is 0 Å². The number of aromatic hydroxyl groups is 1. The number of hydrogen-bond donors (Lipinski definition) is 2. The molecule has 0 aliphatic rings. The maximum Gasteiger partial charge on any atom is 0.339 e. The molecule has 1 aromatic carbocycles. The molecule has 1 aromatic rings. The Labute approximate surface area is 73.6 Å². The second-order valence-corrected chi connectivity index (χ2v) is 2.20. The standard InChI is InChI=1S/C8H6O4.H2O/c9-4-5-1-2-7(10)6(3-5)8(11)12;/h1-4,10H,(H,11,12);1H2. The number of rotatable bonds is 2. The Morgan fingerprint density at radius 1 is 1.38 bits per heavy atom. The van der Waals surface area contributed by atoms with Crippen LogP contribution in [0.5, 0.6) is 5.75 Å². The average Bonchev–Trinajstić information content (AvgIpc) is 2.05. The predicted molar refractivity (Wildman–Crippen MR) is 44.1 cm³/mol. The van der Waals surface area contributed by atoms with Crippen LogP contribution in [0.1, 0.15) is 20.7 Å². The summed E-state index contributed by atoms with van der Waals surface area (Å²) in [6, 6.07) is 3.63. The lowest BCUT2D eigenvalue weighted by molar-refractivity contribution is 0.0693. The molecule has 0 saturated carbocycles. The molecule has 5 nitrogen and oxygen atoms in total. The van der Waals surface area contributed by atoms with Gasteiger partial charge in [-0.25, -0.2) is 4.79 Å². The molecule has 0 bridgehead atoms. The third-order valence-electron chi connectivity index (χ3n) is 1.39. The minimum Gasteiger partial charge on any atom is -0.507 e. The van der Waals surface area contributed by atoms with Crippen molar-refractivity contribution in [3.8, 4) is 5.75 Å². The van der Waals surface area contributed by atoms with Crippen LogP contribution < -0.4 is 0 Å². The summed E-state index contributed by atoms with van der Waals surface area (Å²) in [5.41, 5.74) is -0.0372. The first-order chi connectivity index (χ1) is 5.65. The van der Waals surface area contributed by atoms with Crippen molar-refractivity contribution in [3.05, 3.63) is 29.3 Å². The zero-order chi connectivity index (χ0) is 9.14. The van der Waals surface area contributed by atoms with Gasteiger partial charge in [0.25, 0.3) is 0 Å². The Bertz CT molecular complexity index is 331. The number of phenols is 1. The van der Waals surface area contributed by atoms with Gasteiger partial charge in [-0.2, -0.15) is 0 Å². The summed E-state index contributed by atoms with van der Waals surface area (Å²) in [5, 5.41) is 17.5. The van der Waals surface area contributed by atoms with Gasteiger partial charge in [0.05, 0.1) is 0 Å². The van der Waals surface area contributed by atoms with Crippen molar-refractivity contribution >= 4 is 12.3 Å². The summed E-state index contributed by atoms with van der Waals surface area (Å²) in [6.45, 7) is 0. The Morgan fingerprint density at radius 3 is 2.46 bits per heavy atom. The Balaban J connectivity index is 0.00000144. The minimum atomic E-state index is -1.25. The van der Waals surface area contributed by atoms with Gasteiger partial charge < -0.3 is 15.7 Å². The van der Waals surface area contributed by atoms with Crippen molar-refractivity contribution < 1.29 is 25.3 Å². The largest absolute Gasteiger partial charge is 0.507 e. The molecule has 0 radical (unpaired) electrons. The van der Waals surface area contributed by atoms with Crippen LogP contribution in [0.4, 0.5) is 0 Å². The maximum absolute atomic E-state index is 10.4. The summed E-state index contributed by atoms with van der Waals surface area (Å²) in [6.07, 6.45) is 0.520. The molecule has 0 aliphatic heterocycles. The van der Waals surface area contributed by atoms with E-state index in [1.165, 1.54) is 12.1 Å². The van der Waals surface area contributed by atoms with E-state index in [1.807, 2.05) is 0 Å². The Kier molecular flexibility index (Phi) is 3.61. The smallest absolute Gasteiger partial charge is 0.339 e. The molecule has 0 aromatic heterocycles. The quantitative estimate of drug-likeness (QED) is 0.634. The van der Waals surface area contributed by atoms with Crippen LogP contribution in [0.15, 0.2) is 18.2 Å². The van der Waals surface area contributed by atoms with Crippen LogP contribution in [0.2, 0.25) is 0 Å². The van der Waals surface area contributed by atoms with Gasteiger partial charge in [-0.05, 0) is 18.2 Å². The second kappa shape index (κ2) is 4.22. The van der Waals surface area contributed by atoms with Gasteiger partial charge in [-0.3, -0.25) is 4.79 Å². The second-order valence-electron chi connectivity index (χ2n) is 2.20. The fourth-order valence-corrected chi connectivity index (χ4v) is 0.798. The van der Waals surface area contributed by atoms with Crippen molar-refractivity contribution in [1.29, 1.82) is 0 Å². The molecule has 4 N–H and O–H groups in total. The van der Waals surface area contributed by atoms with E-state index >= 15 is 0 Å². The Hall–Kier alpha value is -1.88. The molecule has 0 amide bonds. The van der Waals surface area contributed by atoms with Crippen molar-refractivity contribution in [1.82, 2.24) is 0 Å². The van der Waals surface area contributed by atoms with Gasteiger partial charge in [-0.15, -0.1) is 0 Å². The zero-order valence-electron chi connectivity index (χ0n) is 6.52. The first kappa shape index (κ1) is 11.1. The lowest BCUT2D eigenvalue weighted by atomic mass is 10.1. The van der Waals surface area contributed by atoms with Crippen LogP contribution >= 0.6 is 0 Å². The summed E-state index contributed by atoms with van der Waals surface area (Å²) in [7, 11) is 0. The number of aldehydes is 1. The third-order valence-corrected chi connectivity index (χ3v) is 1.39. The van der Waals surface area contributed by atoms with Crippen molar-refractivity contribution in [3.63, 3.8) is 0 Å². The molecule has 0 aliphatic carbocycles. The topological polar surface area (TPSA) is 106 Å². The number of hydrogen-bond acceptors (Lipinski definition) is 3. The SMILES string of the molecule is O.O=Cc1ccc(O)c(C(=O)O)c1. The fraction of sp³-hybridized carbons (Fsp3) is 0. The fourth-order valence-electron chi connectivity index (χ4n) is 0.798. The highest BCUT2D eigenvalue weighted by Crippen LogP contribution is 2.17. The van der Waals surface area contributed by atoms with Crippen molar-refractivity contribution in [2.45, 2.75) is 0 Å². The lowest BCUT2D eigenvalue weighted by Gasteiger charge is -1.98. The highest BCUT2D eigenvalue weighted by Gasteiger charge is 2.09. The number of benzene rings is 1. The molecule has 0 saturated heterocycles. The molecule has 1 rings (SSSR count). The van der Waals surface area contributed by atoms with E-state index in [4.69, 9.17) is 10.2 Å². The van der Waals surface area contributed by atoms with E-state index in [0.29, 0.717) is 6.29 Å². The van der Waals surface area contributed by atoms with Gasteiger partial charge >= 0.3 is 5.97 Å². The number of aromatic carboxylic acids is 1. The van der Waals surface area contributed by atoms with Crippen LogP contribution in [-0.4, -0.2) is 27.9 Å². The van der Waals surface area contributed by atoms with Crippen LogP contribution in [0.3, 0.4) is 0 Å². The summed E-state index contributed by atoms with van der Waals surface area (Å²) in [4.78, 5) is 20.6. The van der Waals surface area contributed by atoms with Gasteiger partial charge in [0.1, 0.15) is 17.6 Å². The highest BCUT2D eigenvalue weighted by atomic mass is 16.4. The van der Waals surface area contributed by atoms with E-state index in [-0.39, 0.29) is 22.4 Å². The van der Waals surface area contributed by atoms with Gasteiger partial charge in [0.2, 0.25) is 0 Å². The first-order valence-corrected chi connectivity index (χ1v) is 3.16.